The number of hydrogen-bond acceptors (Lipinski definition) is 10. The number of hydrogen-bond donors (Lipinski definition) is 2. The molecule has 13 heteroatoms. The molecule has 1 fully saturated rings. The first kappa shape index (κ1) is 29.1. The Morgan fingerprint density at radius 2 is 2.00 bits per heavy atom. The quantitative estimate of drug-likeness (QED) is 0.274. The van der Waals surface area contributed by atoms with E-state index < -0.39 is 29.5 Å². The van der Waals surface area contributed by atoms with Crippen LogP contribution in [0, 0.1) is 11.2 Å². The summed E-state index contributed by atoms with van der Waals surface area (Å²) in [5.74, 6) is -0.0203. The maximum atomic E-state index is 15.0. The van der Waals surface area contributed by atoms with Crippen LogP contribution in [-0.4, -0.2) is 54.9 Å². The second kappa shape index (κ2) is 12.2. The van der Waals surface area contributed by atoms with E-state index in [-0.39, 0.29) is 30.2 Å². The lowest BCUT2D eigenvalue weighted by molar-refractivity contribution is -0.0509. The van der Waals surface area contributed by atoms with Crippen LogP contribution in [-0.2, 0) is 15.9 Å². The highest BCUT2D eigenvalue weighted by molar-refractivity contribution is 5.65. The summed E-state index contributed by atoms with van der Waals surface area (Å²) < 4.78 is 38.7. The number of nitrogens with two attached hydrogens (primary N) is 1. The predicted octanol–water partition coefficient (Wildman–Crippen LogP) is 5.04. The first-order chi connectivity index (χ1) is 20.1. The third kappa shape index (κ3) is 6.74. The van der Waals surface area contributed by atoms with E-state index in [0.29, 0.717) is 29.2 Å². The van der Waals surface area contributed by atoms with Gasteiger partial charge in [-0.2, -0.15) is 10.1 Å². The fourth-order valence-corrected chi connectivity index (χ4v) is 4.66. The summed E-state index contributed by atoms with van der Waals surface area (Å²) >= 11 is 0. The largest absolute Gasteiger partial charge is 0.443 e. The van der Waals surface area contributed by atoms with E-state index in [1.807, 2.05) is 0 Å². The number of aliphatic hydroxyl groups excluding tert-OH is 1. The first-order valence-corrected chi connectivity index (χ1v) is 13.6. The van der Waals surface area contributed by atoms with Gasteiger partial charge in [-0.25, -0.2) is 18.9 Å². The van der Waals surface area contributed by atoms with Crippen LogP contribution < -0.4 is 10.5 Å². The van der Waals surface area contributed by atoms with Crippen molar-refractivity contribution in [3.63, 3.8) is 0 Å². The minimum Gasteiger partial charge on any atom is -0.443 e. The van der Waals surface area contributed by atoms with Crippen LogP contribution in [0.25, 0.3) is 22.6 Å². The number of carbonyl (C=O) groups is 1. The lowest BCUT2D eigenvalue weighted by Crippen LogP contribution is -2.42. The molecular weight excluding hydrogens is 547 g/mol. The third-order valence-corrected chi connectivity index (χ3v) is 6.88. The Balaban J connectivity index is 1.25. The number of ether oxygens (including phenoxy) is 3. The molecule has 0 radical (unpaired) electrons. The van der Waals surface area contributed by atoms with Gasteiger partial charge in [0.2, 0.25) is 11.7 Å². The van der Waals surface area contributed by atoms with Gasteiger partial charge in [0.1, 0.15) is 11.9 Å². The lowest BCUT2D eigenvalue weighted by atomic mass is 9.85. The van der Waals surface area contributed by atoms with Crippen LogP contribution in [0.3, 0.4) is 0 Å². The highest BCUT2D eigenvalue weighted by Crippen LogP contribution is 2.31. The Morgan fingerprint density at radius 1 is 1.21 bits per heavy atom. The van der Waals surface area contributed by atoms with E-state index >= 15 is 4.39 Å². The molecule has 3 atom stereocenters. The number of aromatic nitrogens is 5. The SMILES string of the molecule is CC(C)(C)C(O)[C@H](Cc1nc(-c2ccc(Oc3ncc(-c4ccnn4C4CCCCO4)cc3F)cc2)no1)OC(N)=O. The lowest BCUT2D eigenvalue weighted by Gasteiger charge is -2.31. The average Bonchev–Trinajstić information content (AvgIpc) is 3.64. The second-order valence-corrected chi connectivity index (χ2v) is 11.1. The number of nitrogens with zero attached hydrogens (tertiary/aromatic N) is 5. The standard InChI is InChI=1S/C29H33FN6O6/c1-29(2,3)25(37)22(41-28(31)38)15-23-34-26(35-42-23)17-7-9-19(10-8-17)40-27-20(30)14-18(16-32-27)21-11-12-33-36(21)24-6-4-5-13-39-24/h7-12,14,16,22,24-25,37H,4-6,13,15H2,1-3H3,(H2,31,38)/t22-,24?,25?/m0/s1. The van der Waals surface area contributed by atoms with E-state index in [2.05, 4.69) is 20.2 Å². The third-order valence-electron chi connectivity index (χ3n) is 6.88. The van der Waals surface area contributed by atoms with Crippen LogP contribution in [0.4, 0.5) is 9.18 Å². The fourth-order valence-electron chi connectivity index (χ4n) is 4.66. The molecule has 1 aliphatic rings. The summed E-state index contributed by atoms with van der Waals surface area (Å²) in [5.41, 5.74) is 6.47. The molecule has 2 unspecified atom stereocenters. The monoisotopic (exact) mass is 580 g/mol. The second-order valence-electron chi connectivity index (χ2n) is 11.1. The Morgan fingerprint density at radius 3 is 2.67 bits per heavy atom. The van der Waals surface area contributed by atoms with Crippen molar-refractivity contribution in [2.24, 2.45) is 11.1 Å². The summed E-state index contributed by atoms with van der Waals surface area (Å²) in [6.45, 7) is 6.08. The highest BCUT2D eigenvalue weighted by atomic mass is 19.1. The summed E-state index contributed by atoms with van der Waals surface area (Å²) in [4.78, 5) is 19.9. The van der Waals surface area contributed by atoms with Gasteiger partial charge in [0, 0.05) is 30.1 Å². The van der Waals surface area contributed by atoms with Crippen molar-refractivity contribution >= 4 is 6.09 Å². The van der Waals surface area contributed by atoms with Crippen LogP contribution in [0.1, 0.15) is 52.2 Å². The van der Waals surface area contributed by atoms with Crippen molar-refractivity contribution in [2.75, 3.05) is 6.61 Å². The van der Waals surface area contributed by atoms with E-state index in [9.17, 15) is 9.90 Å². The molecule has 0 spiro atoms. The first-order valence-electron chi connectivity index (χ1n) is 13.6. The summed E-state index contributed by atoms with van der Waals surface area (Å²) in [6.07, 6.45) is 2.89. The zero-order valence-corrected chi connectivity index (χ0v) is 23.6. The number of primary amides is 1. The van der Waals surface area contributed by atoms with Gasteiger partial charge in [0.05, 0.1) is 18.2 Å². The molecule has 1 saturated heterocycles. The Hall–Kier alpha value is -4.36. The Kier molecular flexibility index (Phi) is 8.50. The molecule has 42 heavy (non-hydrogen) atoms. The van der Waals surface area contributed by atoms with Crippen LogP contribution in [0.15, 0.2) is 53.3 Å². The molecule has 1 aliphatic heterocycles. The zero-order valence-electron chi connectivity index (χ0n) is 23.6. The topological polar surface area (TPSA) is 161 Å². The fraction of sp³-hybridized carbons (Fsp3) is 0.414. The van der Waals surface area contributed by atoms with Crippen molar-refractivity contribution < 1.29 is 33.0 Å². The normalized spacial score (nSPS) is 17.0. The summed E-state index contributed by atoms with van der Waals surface area (Å²) in [7, 11) is 0. The van der Waals surface area contributed by atoms with Crippen molar-refractivity contribution in [3.8, 4) is 34.3 Å². The molecular formula is C29H33FN6O6. The van der Waals surface area contributed by atoms with Crippen LogP contribution >= 0.6 is 0 Å². The van der Waals surface area contributed by atoms with Crippen molar-refractivity contribution in [3.05, 3.63) is 60.5 Å². The van der Waals surface area contributed by atoms with Crippen molar-refractivity contribution in [2.45, 2.75) is 64.9 Å². The number of benzene rings is 1. The molecule has 1 amide bonds. The molecule has 0 saturated carbocycles. The molecule has 12 nitrogen and oxygen atoms in total. The highest BCUT2D eigenvalue weighted by Gasteiger charge is 2.34. The van der Waals surface area contributed by atoms with E-state index in [1.165, 1.54) is 12.3 Å². The predicted molar refractivity (Wildman–Crippen MR) is 148 cm³/mol. The van der Waals surface area contributed by atoms with E-state index in [1.54, 1.807) is 62.0 Å². The maximum Gasteiger partial charge on any atom is 0.404 e. The molecule has 222 valence electrons. The van der Waals surface area contributed by atoms with Gasteiger partial charge in [0.15, 0.2) is 12.0 Å². The van der Waals surface area contributed by atoms with Crippen molar-refractivity contribution in [1.29, 1.82) is 0 Å². The molecule has 0 bridgehead atoms. The Bertz CT molecular complexity index is 1510. The van der Waals surface area contributed by atoms with Gasteiger partial charge in [-0.05, 0) is 61.1 Å². The summed E-state index contributed by atoms with van der Waals surface area (Å²) in [5, 5.41) is 18.9. The van der Waals surface area contributed by atoms with Gasteiger partial charge >= 0.3 is 6.09 Å². The zero-order chi connectivity index (χ0) is 29.9. The van der Waals surface area contributed by atoms with Gasteiger partial charge in [-0.15, -0.1) is 0 Å². The van der Waals surface area contributed by atoms with Gasteiger partial charge in [0.25, 0.3) is 5.88 Å². The maximum absolute atomic E-state index is 15.0. The molecule has 0 aliphatic carbocycles. The van der Waals surface area contributed by atoms with Crippen molar-refractivity contribution in [1.82, 2.24) is 24.9 Å². The van der Waals surface area contributed by atoms with Gasteiger partial charge < -0.3 is 29.6 Å². The summed E-state index contributed by atoms with van der Waals surface area (Å²) in [6, 6.07) is 9.77. The molecule has 3 N–H and O–H groups in total. The molecule has 5 rings (SSSR count). The number of halogens is 1. The minimum atomic E-state index is -1.02. The number of rotatable bonds is 9. The molecule has 3 aromatic heterocycles. The van der Waals surface area contributed by atoms with Crippen LogP contribution in [0.2, 0.25) is 0 Å². The number of pyridine rings is 1. The van der Waals surface area contributed by atoms with Gasteiger partial charge in [-0.3, -0.25) is 0 Å². The Labute approximate surface area is 241 Å². The molecule has 4 heterocycles. The van der Waals surface area contributed by atoms with Crippen LogP contribution in [0.5, 0.6) is 11.6 Å². The van der Waals surface area contributed by atoms with E-state index in [0.717, 1.165) is 19.3 Å². The van der Waals surface area contributed by atoms with Gasteiger partial charge in [-0.1, -0.05) is 25.9 Å². The molecule has 1 aromatic carbocycles. The number of carbonyl (C=O) groups excluding carboxylic acids is 1. The van der Waals surface area contributed by atoms with E-state index in [4.69, 9.17) is 24.5 Å². The number of aliphatic hydroxyl groups is 1. The molecule has 4 aromatic rings. The average molecular weight is 581 g/mol. The minimum absolute atomic E-state index is 0.0228. The number of amides is 1. The smallest absolute Gasteiger partial charge is 0.404 e.